The maximum atomic E-state index is 12.9. The summed E-state index contributed by atoms with van der Waals surface area (Å²) in [4.78, 5) is 12.4. The number of halogens is 1. The van der Waals surface area contributed by atoms with E-state index in [0.717, 1.165) is 5.39 Å². The SMILES string of the molecule is CC(C)(C)OC(=O)NC(=N)NC(=N)CSc1ccc(Cl)cc1N[S+]([O-])c1cc2ccccc2o1. The van der Waals surface area contributed by atoms with Gasteiger partial charge in [-0.3, -0.25) is 16.1 Å². The van der Waals surface area contributed by atoms with Gasteiger partial charge in [0.2, 0.25) is 5.96 Å². The van der Waals surface area contributed by atoms with E-state index < -0.39 is 23.1 Å². The maximum Gasteiger partial charge on any atom is 0.414 e. The number of para-hydroxylation sites is 1. The molecule has 0 aliphatic heterocycles. The number of furan rings is 1. The van der Waals surface area contributed by atoms with Crippen LogP contribution in [0, 0.1) is 10.8 Å². The number of carbonyl (C=O) groups excluding carboxylic acids is 1. The fraction of sp³-hybridized carbons (Fsp3) is 0.227. The number of carbonyl (C=O) groups is 1. The Morgan fingerprint density at radius 3 is 2.62 bits per heavy atom. The molecule has 2 aromatic carbocycles. The Hall–Kier alpha value is -2.86. The van der Waals surface area contributed by atoms with E-state index in [9.17, 15) is 9.35 Å². The normalized spacial score (nSPS) is 12.1. The van der Waals surface area contributed by atoms with Crippen molar-refractivity contribution in [1.29, 1.82) is 10.8 Å². The van der Waals surface area contributed by atoms with Crippen LogP contribution in [0.2, 0.25) is 5.02 Å². The molecule has 0 saturated carbocycles. The van der Waals surface area contributed by atoms with Crippen molar-refractivity contribution in [3.8, 4) is 0 Å². The Balaban J connectivity index is 1.59. The number of alkyl carbamates (subject to hydrolysis) is 1. The van der Waals surface area contributed by atoms with Gasteiger partial charge in [-0.2, -0.15) is 4.72 Å². The molecule has 1 atom stereocenters. The van der Waals surface area contributed by atoms with Crippen LogP contribution < -0.4 is 15.4 Å². The van der Waals surface area contributed by atoms with Gasteiger partial charge in [0.05, 0.1) is 11.4 Å². The summed E-state index contributed by atoms with van der Waals surface area (Å²) in [6, 6.07) is 14.1. The minimum absolute atomic E-state index is 0.0228. The topological polar surface area (TPSA) is 146 Å². The van der Waals surface area contributed by atoms with Crippen molar-refractivity contribution in [2.75, 3.05) is 10.5 Å². The molecule has 180 valence electrons. The summed E-state index contributed by atoms with van der Waals surface area (Å²) in [6.45, 7) is 5.13. The van der Waals surface area contributed by atoms with Crippen molar-refractivity contribution in [1.82, 2.24) is 10.6 Å². The van der Waals surface area contributed by atoms with E-state index in [4.69, 9.17) is 31.6 Å². The highest BCUT2D eigenvalue weighted by molar-refractivity contribution is 8.00. The minimum atomic E-state index is -1.68. The smallest absolute Gasteiger partial charge is 0.414 e. The van der Waals surface area contributed by atoms with Crippen LogP contribution in [0.3, 0.4) is 0 Å². The standard InChI is InChI=1S/C22H24ClN5O4S2/c1-22(2,3)32-21(29)27-20(25)26-18(24)12-33-17-9-8-14(23)11-15(17)28-34(30)19-10-13-6-4-5-7-16(13)31-19/h4-11,28H,12H2,1-3H3,(H4,24,25,26,27,29). The number of fused-ring (bicyclic) bond motifs is 1. The van der Waals surface area contributed by atoms with Crippen LogP contribution in [0.1, 0.15) is 20.8 Å². The molecule has 1 amide bonds. The number of rotatable bonds is 6. The summed E-state index contributed by atoms with van der Waals surface area (Å²) < 4.78 is 26.5. The number of amidine groups is 1. The second-order valence-electron chi connectivity index (χ2n) is 8.01. The molecule has 0 fully saturated rings. The van der Waals surface area contributed by atoms with Crippen molar-refractivity contribution in [2.24, 2.45) is 0 Å². The molecule has 1 unspecified atom stereocenters. The molecule has 1 aromatic heterocycles. The van der Waals surface area contributed by atoms with Gasteiger partial charge in [0.25, 0.3) is 0 Å². The van der Waals surface area contributed by atoms with E-state index in [1.807, 2.05) is 18.2 Å². The second kappa shape index (κ2) is 11.0. The van der Waals surface area contributed by atoms with E-state index in [2.05, 4.69) is 15.4 Å². The lowest BCUT2D eigenvalue weighted by molar-refractivity contribution is 0.0561. The summed E-state index contributed by atoms with van der Waals surface area (Å²) >= 11 is 5.72. The maximum absolute atomic E-state index is 12.9. The van der Waals surface area contributed by atoms with Crippen molar-refractivity contribution >= 4 is 69.3 Å². The number of amides is 1. The zero-order chi connectivity index (χ0) is 24.9. The number of anilines is 1. The van der Waals surface area contributed by atoms with Crippen LogP contribution in [0.4, 0.5) is 10.5 Å². The fourth-order valence-corrected chi connectivity index (χ4v) is 4.59. The van der Waals surface area contributed by atoms with Crippen LogP contribution in [-0.2, 0) is 16.1 Å². The fourth-order valence-electron chi connectivity index (χ4n) is 2.68. The molecule has 0 saturated heterocycles. The van der Waals surface area contributed by atoms with E-state index in [1.54, 1.807) is 51.1 Å². The molecule has 0 aliphatic rings. The number of hydrogen-bond acceptors (Lipinski definition) is 8. The van der Waals surface area contributed by atoms with Gasteiger partial charge in [0.1, 0.15) is 28.4 Å². The van der Waals surface area contributed by atoms with Crippen molar-refractivity contribution in [3.63, 3.8) is 0 Å². The average molecular weight is 522 g/mol. The van der Waals surface area contributed by atoms with Gasteiger partial charge >= 0.3 is 11.2 Å². The molecule has 0 spiro atoms. The third-order valence-corrected chi connectivity index (χ3v) is 6.31. The zero-order valence-corrected chi connectivity index (χ0v) is 21.0. The number of guanidine groups is 1. The van der Waals surface area contributed by atoms with E-state index in [-0.39, 0.29) is 22.6 Å². The summed E-state index contributed by atoms with van der Waals surface area (Å²) in [6.07, 6.45) is -0.789. The number of thioether (sulfide) groups is 1. The van der Waals surface area contributed by atoms with Crippen molar-refractivity contribution in [3.05, 3.63) is 53.6 Å². The van der Waals surface area contributed by atoms with Gasteiger partial charge in [0, 0.05) is 21.4 Å². The zero-order valence-electron chi connectivity index (χ0n) is 18.7. The summed E-state index contributed by atoms with van der Waals surface area (Å²) in [7, 11) is 0. The largest absolute Gasteiger partial charge is 0.585 e. The van der Waals surface area contributed by atoms with E-state index in [0.29, 0.717) is 21.2 Å². The van der Waals surface area contributed by atoms with E-state index >= 15 is 0 Å². The molecule has 0 aliphatic carbocycles. The third-order valence-electron chi connectivity index (χ3n) is 4.00. The first-order valence-electron chi connectivity index (χ1n) is 10.0. The lowest BCUT2D eigenvalue weighted by atomic mass is 10.2. The Kier molecular flexibility index (Phi) is 8.37. The highest BCUT2D eigenvalue weighted by atomic mass is 35.5. The Bertz CT molecular complexity index is 1180. The Morgan fingerprint density at radius 2 is 1.91 bits per heavy atom. The average Bonchev–Trinajstić information content (AvgIpc) is 3.16. The van der Waals surface area contributed by atoms with Crippen LogP contribution in [0.15, 0.2) is 62.9 Å². The molecule has 9 nitrogen and oxygen atoms in total. The first kappa shape index (κ1) is 25.8. The molecule has 0 radical (unpaired) electrons. The predicted molar refractivity (Wildman–Crippen MR) is 136 cm³/mol. The number of hydrogen-bond donors (Lipinski definition) is 5. The van der Waals surface area contributed by atoms with Crippen LogP contribution >= 0.6 is 23.4 Å². The van der Waals surface area contributed by atoms with Crippen molar-refractivity contribution in [2.45, 2.75) is 36.4 Å². The first-order chi connectivity index (χ1) is 16.0. The van der Waals surface area contributed by atoms with Gasteiger partial charge < -0.3 is 19.0 Å². The summed E-state index contributed by atoms with van der Waals surface area (Å²) in [5.41, 5.74) is 0.440. The van der Waals surface area contributed by atoms with Crippen LogP contribution in [0.25, 0.3) is 11.0 Å². The van der Waals surface area contributed by atoms with Gasteiger partial charge in [-0.05, 0) is 45.0 Å². The number of benzene rings is 2. The lowest BCUT2D eigenvalue weighted by Crippen LogP contribution is -2.45. The highest BCUT2D eigenvalue weighted by Crippen LogP contribution is 2.32. The predicted octanol–water partition coefficient (Wildman–Crippen LogP) is 5.34. The van der Waals surface area contributed by atoms with Gasteiger partial charge in [-0.25, -0.2) is 4.79 Å². The lowest BCUT2D eigenvalue weighted by Gasteiger charge is -2.20. The quantitative estimate of drug-likeness (QED) is 0.127. The number of ether oxygens (including phenoxy) is 1. The molecule has 5 N–H and O–H groups in total. The first-order valence-corrected chi connectivity index (χ1v) is 12.5. The van der Waals surface area contributed by atoms with Crippen LogP contribution in [-0.4, -0.2) is 33.8 Å². The molecule has 0 bridgehead atoms. The molecule has 34 heavy (non-hydrogen) atoms. The molecule has 12 heteroatoms. The van der Waals surface area contributed by atoms with Crippen molar-refractivity contribution < 1.29 is 18.5 Å². The minimum Gasteiger partial charge on any atom is -0.585 e. The molecule has 3 aromatic rings. The van der Waals surface area contributed by atoms with Gasteiger partial charge in [-0.15, -0.1) is 11.8 Å². The molecule has 1 heterocycles. The van der Waals surface area contributed by atoms with Gasteiger partial charge in [-0.1, -0.05) is 29.8 Å². The second-order valence-corrected chi connectivity index (χ2v) is 10.6. The summed E-state index contributed by atoms with van der Waals surface area (Å²) in [5.74, 6) is -0.253. The van der Waals surface area contributed by atoms with E-state index in [1.165, 1.54) is 11.8 Å². The molecule has 3 rings (SSSR count). The Morgan fingerprint density at radius 1 is 1.18 bits per heavy atom. The summed E-state index contributed by atoms with van der Waals surface area (Å²) in [5, 5.41) is 22.1. The van der Waals surface area contributed by atoms with Gasteiger partial charge in [0.15, 0.2) is 0 Å². The monoisotopic (exact) mass is 521 g/mol. The highest BCUT2D eigenvalue weighted by Gasteiger charge is 2.21. The third kappa shape index (κ3) is 7.59. The molecular formula is C22H24ClN5O4S2. The van der Waals surface area contributed by atoms with Crippen LogP contribution in [0.5, 0.6) is 0 Å². The molecular weight excluding hydrogens is 498 g/mol. The number of nitrogens with one attached hydrogen (secondary N) is 5. The Labute approximate surface area is 209 Å².